The van der Waals surface area contributed by atoms with Crippen LogP contribution in [0.1, 0.15) is 38.8 Å². The highest BCUT2D eigenvalue weighted by atomic mass is 16.6. The van der Waals surface area contributed by atoms with Crippen LogP contribution in [0.2, 0.25) is 0 Å². The van der Waals surface area contributed by atoms with E-state index in [1.807, 2.05) is 38.2 Å². The average Bonchev–Trinajstić information content (AvgIpc) is 3.27. The summed E-state index contributed by atoms with van der Waals surface area (Å²) in [5.41, 5.74) is 3.08. The molecule has 2 aromatic carbocycles. The molecule has 0 spiro atoms. The van der Waals surface area contributed by atoms with Crippen molar-refractivity contribution in [3.8, 4) is 22.6 Å². The van der Waals surface area contributed by atoms with Crippen molar-refractivity contribution in [2.24, 2.45) is 7.05 Å². The molecule has 204 valence electrons. The fourth-order valence-electron chi connectivity index (χ4n) is 4.00. The number of methoxy groups -OCH3 is 3. The molecule has 1 amide bonds. The molecule has 0 aliphatic rings. The first-order valence-corrected chi connectivity index (χ1v) is 12.1. The molecule has 1 aromatic heterocycles. The summed E-state index contributed by atoms with van der Waals surface area (Å²) in [6, 6.07) is 7.56. The van der Waals surface area contributed by atoms with E-state index in [4.69, 9.17) is 23.7 Å². The minimum Gasteiger partial charge on any atom is -0.496 e. The van der Waals surface area contributed by atoms with E-state index in [0.29, 0.717) is 30.3 Å². The monoisotopic (exact) mass is 525 g/mol. The maximum Gasteiger partial charge on any atom is 0.412 e. The van der Waals surface area contributed by atoms with Gasteiger partial charge in [0.05, 0.1) is 45.2 Å². The molecule has 0 radical (unpaired) electrons. The van der Waals surface area contributed by atoms with Gasteiger partial charge >= 0.3 is 12.1 Å². The lowest BCUT2D eigenvalue weighted by atomic mass is 9.96. The summed E-state index contributed by atoms with van der Waals surface area (Å²) in [6.07, 6.45) is 2.45. The van der Waals surface area contributed by atoms with Crippen LogP contribution in [0.15, 0.2) is 36.2 Å². The van der Waals surface area contributed by atoms with Gasteiger partial charge in [-0.3, -0.25) is 10.00 Å². The lowest BCUT2D eigenvalue weighted by Crippen LogP contribution is -2.34. The minimum atomic E-state index is -0.769. The Kier molecular flexibility index (Phi) is 9.00. The number of ether oxygens (including phenoxy) is 5. The third kappa shape index (κ3) is 6.44. The van der Waals surface area contributed by atoms with E-state index in [2.05, 4.69) is 10.4 Å². The van der Waals surface area contributed by atoms with Crippen LogP contribution in [0.4, 0.5) is 4.79 Å². The molecule has 0 saturated carbocycles. The summed E-state index contributed by atoms with van der Waals surface area (Å²) in [5.74, 6) is 0.517. The fourth-order valence-corrected chi connectivity index (χ4v) is 4.00. The lowest BCUT2D eigenvalue weighted by Gasteiger charge is -2.20. The largest absolute Gasteiger partial charge is 0.496 e. The Labute approximate surface area is 222 Å². The molecule has 10 nitrogen and oxygen atoms in total. The SMILES string of the molecule is CCOCc1cc(OC)c(-c2ccc(/C=C(\NC(=O)OC(C)(C)C)C(=O)OC)c3cnn(C)c23)c(OC)c1. The number of carbonyl (C=O) groups excluding carboxylic acids is 2. The van der Waals surface area contributed by atoms with Gasteiger partial charge in [0.15, 0.2) is 0 Å². The van der Waals surface area contributed by atoms with Crippen LogP contribution in [-0.4, -0.2) is 55.4 Å². The zero-order valence-electron chi connectivity index (χ0n) is 23.1. The molecular weight excluding hydrogens is 490 g/mol. The number of alkyl carbamates (subject to hydrolysis) is 1. The number of rotatable bonds is 9. The predicted molar refractivity (Wildman–Crippen MR) is 144 cm³/mol. The van der Waals surface area contributed by atoms with Crippen molar-refractivity contribution in [1.82, 2.24) is 15.1 Å². The second-order valence-electron chi connectivity index (χ2n) is 9.42. The first-order chi connectivity index (χ1) is 18.0. The van der Waals surface area contributed by atoms with Crippen LogP contribution in [-0.2, 0) is 32.7 Å². The molecule has 0 bridgehead atoms. The molecule has 10 heteroatoms. The number of nitrogens with zero attached hydrogens (tertiary/aromatic N) is 2. The van der Waals surface area contributed by atoms with Crippen LogP contribution >= 0.6 is 0 Å². The van der Waals surface area contributed by atoms with E-state index in [0.717, 1.165) is 27.6 Å². The van der Waals surface area contributed by atoms with E-state index < -0.39 is 17.7 Å². The van der Waals surface area contributed by atoms with Gasteiger partial charge in [-0.15, -0.1) is 0 Å². The van der Waals surface area contributed by atoms with Crippen molar-refractivity contribution in [2.45, 2.75) is 39.9 Å². The Hall–Kier alpha value is -4.05. The maximum atomic E-state index is 12.5. The van der Waals surface area contributed by atoms with Crippen LogP contribution < -0.4 is 14.8 Å². The molecule has 1 N–H and O–H groups in total. The number of aromatic nitrogens is 2. The Morgan fingerprint density at radius 3 is 2.29 bits per heavy atom. The zero-order valence-corrected chi connectivity index (χ0v) is 23.1. The number of aryl methyl sites for hydroxylation is 1. The van der Waals surface area contributed by atoms with E-state index >= 15 is 0 Å². The number of hydrogen-bond acceptors (Lipinski definition) is 8. The third-order valence-corrected chi connectivity index (χ3v) is 5.58. The highest BCUT2D eigenvalue weighted by Crippen LogP contribution is 2.43. The molecule has 0 saturated heterocycles. The smallest absolute Gasteiger partial charge is 0.412 e. The van der Waals surface area contributed by atoms with E-state index in [9.17, 15) is 9.59 Å². The predicted octanol–water partition coefficient (Wildman–Crippen LogP) is 4.83. The Balaban J connectivity index is 2.17. The van der Waals surface area contributed by atoms with Gasteiger partial charge in [0.2, 0.25) is 0 Å². The van der Waals surface area contributed by atoms with E-state index in [1.165, 1.54) is 13.2 Å². The van der Waals surface area contributed by atoms with Crippen molar-refractivity contribution < 1.29 is 33.3 Å². The number of amides is 1. The molecule has 0 aliphatic heterocycles. The van der Waals surface area contributed by atoms with Crippen molar-refractivity contribution in [1.29, 1.82) is 0 Å². The topological polar surface area (TPSA) is 110 Å². The van der Waals surface area contributed by atoms with Crippen LogP contribution in [0, 0.1) is 0 Å². The standard InChI is InChI=1S/C28H35N3O7/c1-9-37-16-17-12-22(34-6)24(23(13-17)35-7)19-11-10-18(20-15-29-31(5)25(19)20)14-21(26(32)36-8)30-27(33)38-28(2,3)4/h10-15H,9,16H2,1-8H3,(H,30,33)/b21-14-. The van der Waals surface area contributed by atoms with Crippen LogP contribution in [0.3, 0.4) is 0 Å². The number of benzene rings is 2. The van der Waals surface area contributed by atoms with Crippen LogP contribution in [0.25, 0.3) is 28.1 Å². The number of fused-ring (bicyclic) bond motifs is 1. The number of nitrogens with one attached hydrogen (secondary N) is 1. The second kappa shape index (κ2) is 12.0. The van der Waals surface area contributed by atoms with Gasteiger partial charge in [-0.05, 0) is 57.0 Å². The average molecular weight is 526 g/mol. The maximum absolute atomic E-state index is 12.5. The van der Waals surface area contributed by atoms with Crippen molar-refractivity contribution in [3.63, 3.8) is 0 Å². The zero-order chi connectivity index (χ0) is 28.0. The third-order valence-electron chi connectivity index (χ3n) is 5.58. The number of esters is 1. The highest BCUT2D eigenvalue weighted by Gasteiger charge is 2.23. The quantitative estimate of drug-likeness (QED) is 0.312. The van der Waals surface area contributed by atoms with Crippen LogP contribution in [0.5, 0.6) is 11.5 Å². The first-order valence-electron chi connectivity index (χ1n) is 12.1. The number of carbonyl (C=O) groups is 2. The van der Waals surface area contributed by atoms with E-state index in [1.54, 1.807) is 45.9 Å². The highest BCUT2D eigenvalue weighted by molar-refractivity contribution is 6.04. The van der Waals surface area contributed by atoms with Gasteiger partial charge in [0.1, 0.15) is 22.8 Å². The molecule has 0 fully saturated rings. The molecule has 38 heavy (non-hydrogen) atoms. The van der Waals surface area contributed by atoms with Gasteiger partial charge < -0.3 is 23.7 Å². The summed E-state index contributed by atoms with van der Waals surface area (Å²) < 4.78 is 29.0. The summed E-state index contributed by atoms with van der Waals surface area (Å²) in [4.78, 5) is 24.9. The van der Waals surface area contributed by atoms with Gasteiger partial charge in [-0.25, -0.2) is 9.59 Å². The Morgan fingerprint density at radius 2 is 1.74 bits per heavy atom. The molecule has 0 aliphatic carbocycles. The van der Waals surface area contributed by atoms with Crippen molar-refractivity contribution in [3.05, 3.63) is 47.3 Å². The summed E-state index contributed by atoms with van der Waals surface area (Å²) in [5, 5.41) is 7.68. The second-order valence-corrected chi connectivity index (χ2v) is 9.42. The molecule has 1 heterocycles. The van der Waals surface area contributed by atoms with Crippen molar-refractivity contribution in [2.75, 3.05) is 27.9 Å². The first kappa shape index (κ1) is 28.5. The summed E-state index contributed by atoms with van der Waals surface area (Å²) >= 11 is 0. The van der Waals surface area contributed by atoms with Crippen molar-refractivity contribution >= 4 is 29.0 Å². The van der Waals surface area contributed by atoms with Gasteiger partial charge in [0.25, 0.3) is 0 Å². The minimum absolute atomic E-state index is 0.0740. The summed E-state index contributed by atoms with van der Waals surface area (Å²) in [7, 11) is 6.27. The molecule has 3 rings (SSSR count). The summed E-state index contributed by atoms with van der Waals surface area (Å²) in [6.45, 7) is 8.16. The number of hydrogen-bond donors (Lipinski definition) is 1. The van der Waals surface area contributed by atoms with E-state index in [-0.39, 0.29) is 5.70 Å². The fraction of sp³-hybridized carbons (Fsp3) is 0.393. The van der Waals surface area contributed by atoms with Gasteiger partial charge in [-0.2, -0.15) is 5.10 Å². The Bertz CT molecular complexity index is 1330. The lowest BCUT2D eigenvalue weighted by molar-refractivity contribution is -0.136. The van der Waals surface area contributed by atoms with Gasteiger partial charge in [-0.1, -0.05) is 12.1 Å². The van der Waals surface area contributed by atoms with Gasteiger partial charge in [0, 0.05) is 24.6 Å². The molecule has 0 unspecified atom stereocenters. The Morgan fingerprint density at radius 1 is 1.08 bits per heavy atom. The normalized spacial score (nSPS) is 11.8. The molecule has 0 atom stereocenters. The molecule has 3 aromatic rings. The molecular formula is C28H35N3O7.